The van der Waals surface area contributed by atoms with Gasteiger partial charge in [0, 0.05) is 23.3 Å². The van der Waals surface area contributed by atoms with Gasteiger partial charge in [-0.05, 0) is 64.0 Å². The predicted molar refractivity (Wildman–Crippen MR) is 124 cm³/mol. The fourth-order valence-corrected chi connectivity index (χ4v) is 4.97. The van der Waals surface area contributed by atoms with E-state index in [0.29, 0.717) is 21.7 Å². The van der Waals surface area contributed by atoms with Crippen molar-refractivity contribution in [3.05, 3.63) is 64.1 Å². The zero-order chi connectivity index (χ0) is 22.4. The third-order valence-electron chi connectivity index (χ3n) is 3.97. The van der Waals surface area contributed by atoms with Crippen molar-refractivity contribution in [2.24, 2.45) is 0 Å². The summed E-state index contributed by atoms with van der Waals surface area (Å²) in [5, 5.41) is 4.64. The Labute approximate surface area is 192 Å². The Kier molecular flexibility index (Phi) is 7.31. The van der Waals surface area contributed by atoms with Gasteiger partial charge < -0.3 is 14.8 Å². The highest BCUT2D eigenvalue weighted by Gasteiger charge is 2.15. The molecule has 0 saturated carbocycles. The number of aromatic nitrogens is 1. The molecule has 3 aromatic rings. The van der Waals surface area contributed by atoms with Gasteiger partial charge in [0.1, 0.15) is 0 Å². The molecule has 0 spiro atoms. The van der Waals surface area contributed by atoms with E-state index in [2.05, 4.69) is 31.0 Å². The van der Waals surface area contributed by atoms with Crippen molar-refractivity contribution in [2.75, 3.05) is 24.3 Å². The number of carbonyl (C=O) groups is 1. The number of nitrogens with one attached hydrogen (secondary N) is 2. The molecule has 2 N–H and O–H groups in total. The Morgan fingerprint density at radius 3 is 2.52 bits per heavy atom. The van der Waals surface area contributed by atoms with Crippen LogP contribution in [0.2, 0.25) is 0 Å². The van der Waals surface area contributed by atoms with Gasteiger partial charge in [-0.25, -0.2) is 13.4 Å². The molecule has 0 fully saturated rings. The predicted octanol–water partition coefficient (Wildman–Crippen LogP) is 4.38. The summed E-state index contributed by atoms with van der Waals surface area (Å²) in [4.78, 5) is 16.2. The highest BCUT2D eigenvalue weighted by molar-refractivity contribution is 9.10. The number of halogens is 1. The maximum atomic E-state index is 12.4. The molecule has 0 bridgehead atoms. The summed E-state index contributed by atoms with van der Waals surface area (Å²) in [5.74, 6) is 0.714. The Morgan fingerprint density at radius 2 is 1.90 bits per heavy atom. The van der Waals surface area contributed by atoms with Crippen molar-refractivity contribution in [2.45, 2.75) is 4.90 Å². The zero-order valence-electron chi connectivity index (χ0n) is 16.5. The van der Waals surface area contributed by atoms with Gasteiger partial charge in [-0.15, -0.1) is 11.3 Å². The molecule has 1 amide bonds. The molecule has 3 rings (SSSR count). The summed E-state index contributed by atoms with van der Waals surface area (Å²) in [5.41, 5.74) is 1.19. The van der Waals surface area contributed by atoms with Gasteiger partial charge in [0.15, 0.2) is 16.6 Å². The fraction of sp³-hybridized carbons (Fsp3) is 0.100. The highest BCUT2D eigenvalue weighted by Crippen LogP contribution is 2.36. The summed E-state index contributed by atoms with van der Waals surface area (Å²) >= 11 is 4.58. The Morgan fingerprint density at radius 1 is 1.16 bits per heavy atom. The molecule has 1 aromatic heterocycles. The number of methoxy groups -OCH3 is 2. The number of benzene rings is 2. The van der Waals surface area contributed by atoms with Crippen molar-refractivity contribution in [3.63, 3.8) is 0 Å². The Bertz CT molecular complexity index is 1190. The van der Waals surface area contributed by atoms with Gasteiger partial charge in [-0.3, -0.25) is 9.52 Å². The average molecular weight is 524 g/mol. The molecule has 31 heavy (non-hydrogen) atoms. The van der Waals surface area contributed by atoms with Crippen molar-refractivity contribution in [1.29, 1.82) is 0 Å². The van der Waals surface area contributed by atoms with Crippen LogP contribution in [-0.4, -0.2) is 33.5 Å². The smallest absolute Gasteiger partial charge is 0.263 e. The number of amides is 1. The van der Waals surface area contributed by atoms with Crippen molar-refractivity contribution >= 4 is 60.1 Å². The average Bonchev–Trinajstić information content (AvgIpc) is 3.24. The van der Waals surface area contributed by atoms with Crippen LogP contribution in [0.4, 0.5) is 10.8 Å². The van der Waals surface area contributed by atoms with Gasteiger partial charge in [0.25, 0.3) is 10.0 Å². The van der Waals surface area contributed by atoms with E-state index in [1.54, 1.807) is 23.6 Å². The first kappa shape index (κ1) is 22.8. The third-order valence-corrected chi connectivity index (χ3v) is 6.73. The maximum absolute atomic E-state index is 12.4. The lowest BCUT2D eigenvalue weighted by molar-refractivity contribution is -0.111. The molecule has 0 saturated heterocycles. The van der Waals surface area contributed by atoms with Crippen LogP contribution in [0.25, 0.3) is 6.08 Å². The fourth-order valence-electron chi connectivity index (χ4n) is 2.56. The summed E-state index contributed by atoms with van der Waals surface area (Å²) in [6.07, 6.45) is 4.50. The lowest BCUT2D eigenvalue weighted by Gasteiger charge is -2.10. The molecule has 0 aliphatic carbocycles. The van der Waals surface area contributed by atoms with E-state index in [1.165, 1.54) is 62.1 Å². The Hall–Kier alpha value is -2.89. The largest absolute Gasteiger partial charge is 0.493 e. The number of nitrogens with zero attached hydrogens (tertiary/aromatic N) is 1. The molecule has 0 aliphatic rings. The van der Waals surface area contributed by atoms with E-state index in [0.717, 1.165) is 5.56 Å². The number of thiazole rings is 1. The second-order valence-corrected chi connectivity index (χ2v) is 9.46. The molecule has 0 radical (unpaired) electrons. The van der Waals surface area contributed by atoms with Gasteiger partial charge in [0.05, 0.1) is 23.6 Å². The van der Waals surface area contributed by atoms with Gasteiger partial charge in [-0.2, -0.15) is 0 Å². The van der Waals surface area contributed by atoms with Crippen LogP contribution in [0, 0.1) is 0 Å². The lowest BCUT2D eigenvalue weighted by atomic mass is 10.2. The van der Waals surface area contributed by atoms with E-state index >= 15 is 0 Å². The van der Waals surface area contributed by atoms with Crippen molar-refractivity contribution in [3.8, 4) is 11.5 Å². The number of anilines is 2. The topological polar surface area (TPSA) is 107 Å². The third kappa shape index (κ3) is 5.84. The van der Waals surface area contributed by atoms with Gasteiger partial charge in [-0.1, -0.05) is 0 Å². The van der Waals surface area contributed by atoms with Crippen LogP contribution >= 0.6 is 27.3 Å². The van der Waals surface area contributed by atoms with Gasteiger partial charge in [0.2, 0.25) is 5.91 Å². The highest BCUT2D eigenvalue weighted by atomic mass is 79.9. The minimum absolute atomic E-state index is 0.0615. The summed E-state index contributed by atoms with van der Waals surface area (Å²) in [7, 11) is -0.679. The molecule has 0 unspecified atom stereocenters. The van der Waals surface area contributed by atoms with Crippen LogP contribution in [0.3, 0.4) is 0 Å². The lowest BCUT2D eigenvalue weighted by Crippen LogP contribution is -2.13. The van der Waals surface area contributed by atoms with E-state index in [9.17, 15) is 13.2 Å². The molecule has 0 aliphatic heterocycles. The van der Waals surface area contributed by atoms with Crippen molar-refractivity contribution in [1.82, 2.24) is 4.98 Å². The van der Waals surface area contributed by atoms with Crippen LogP contribution in [0.15, 0.2) is 63.4 Å². The molecule has 162 valence electrons. The normalized spacial score (nSPS) is 11.3. The number of rotatable bonds is 8. The maximum Gasteiger partial charge on any atom is 0.263 e. The number of sulfonamides is 1. The second-order valence-electron chi connectivity index (χ2n) is 6.03. The number of hydrogen-bond acceptors (Lipinski definition) is 7. The molecule has 11 heteroatoms. The van der Waals surface area contributed by atoms with E-state index in [1.807, 2.05) is 0 Å². The summed E-state index contributed by atoms with van der Waals surface area (Å²) in [6, 6.07) is 9.36. The van der Waals surface area contributed by atoms with Crippen LogP contribution < -0.4 is 19.5 Å². The number of ether oxygens (including phenoxy) is 2. The second kappa shape index (κ2) is 9.94. The van der Waals surface area contributed by atoms with E-state index < -0.39 is 10.0 Å². The first-order valence-corrected chi connectivity index (χ1v) is 11.9. The number of carbonyl (C=O) groups excluding carboxylic acids is 1. The summed E-state index contributed by atoms with van der Waals surface area (Å²) in [6.45, 7) is 0. The molecule has 0 atom stereocenters. The molecule has 2 aromatic carbocycles. The first-order valence-electron chi connectivity index (χ1n) is 8.75. The minimum Gasteiger partial charge on any atom is -0.493 e. The van der Waals surface area contributed by atoms with Crippen LogP contribution in [0.1, 0.15) is 5.56 Å². The quantitative estimate of drug-likeness (QED) is 0.424. The monoisotopic (exact) mass is 523 g/mol. The van der Waals surface area contributed by atoms with Crippen molar-refractivity contribution < 1.29 is 22.7 Å². The zero-order valence-corrected chi connectivity index (χ0v) is 19.7. The van der Waals surface area contributed by atoms with E-state index in [-0.39, 0.29) is 15.9 Å². The molecule has 1 heterocycles. The van der Waals surface area contributed by atoms with E-state index in [4.69, 9.17) is 9.47 Å². The first-order chi connectivity index (χ1) is 14.8. The minimum atomic E-state index is -3.75. The molecular formula is C20H18BrN3O5S2. The van der Waals surface area contributed by atoms with Gasteiger partial charge >= 0.3 is 0 Å². The van der Waals surface area contributed by atoms with Crippen LogP contribution in [-0.2, 0) is 14.8 Å². The molecular weight excluding hydrogens is 506 g/mol. The Balaban J connectivity index is 1.66. The SMILES string of the molecule is COc1cc(/C=C/C(=O)Nc2ccc(S(=O)(=O)Nc3nccs3)cc2)cc(Br)c1OC. The number of hydrogen-bond donors (Lipinski definition) is 2. The van der Waals surface area contributed by atoms with Crippen LogP contribution in [0.5, 0.6) is 11.5 Å². The molecule has 8 nitrogen and oxygen atoms in total. The standard InChI is InChI=1S/C20H18BrN3O5S2/c1-28-17-12-13(11-16(21)19(17)29-2)3-8-18(25)23-14-4-6-15(7-5-14)31(26,27)24-20-22-9-10-30-20/h3-12H,1-2H3,(H,22,24)(H,23,25)/b8-3+. The summed E-state index contributed by atoms with van der Waals surface area (Å²) < 4.78 is 38.3.